The molecule has 47 heavy (non-hydrogen) atoms. The highest BCUT2D eigenvalue weighted by atomic mass is 32.2. The van der Waals surface area contributed by atoms with E-state index < -0.39 is 108 Å². The molecule has 0 aromatic carbocycles. The maximum absolute atomic E-state index is 12.3. The molecular formula is C29H38O16S2. The van der Waals surface area contributed by atoms with Crippen LogP contribution in [0.4, 0.5) is 0 Å². The number of hydrogen-bond donors (Lipinski definition) is 0. The summed E-state index contributed by atoms with van der Waals surface area (Å²) in [5.41, 5.74) is -2.63. The van der Waals surface area contributed by atoms with E-state index >= 15 is 0 Å². The topological polar surface area (TPSA) is 203 Å². The molecule has 0 aliphatic carbocycles. The monoisotopic (exact) mass is 706 g/mol. The molecule has 10 atom stereocenters. The van der Waals surface area contributed by atoms with Gasteiger partial charge in [0.2, 0.25) is 0 Å². The minimum Gasteiger partial charge on any atom is -0.463 e. The van der Waals surface area contributed by atoms with Crippen LogP contribution in [-0.2, 0) is 76.2 Å². The van der Waals surface area contributed by atoms with Crippen LogP contribution in [-0.4, -0.2) is 120 Å². The highest BCUT2D eigenvalue weighted by Crippen LogP contribution is 2.42. The Bertz CT molecular complexity index is 1220. The van der Waals surface area contributed by atoms with Gasteiger partial charge in [-0.25, -0.2) is 0 Å². The van der Waals surface area contributed by atoms with Crippen LogP contribution in [0.3, 0.4) is 0 Å². The molecule has 0 aromatic heterocycles. The summed E-state index contributed by atoms with van der Waals surface area (Å²) in [7, 11) is 0. The normalized spacial score (nSPS) is 30.0. The standard InChI is InChI=1S/C29H38O16S2/c1-9-10-46-12-21-23(39-15(4)32)25(41-17(6)34)27(43-19(8)36)29(45-21)47-28-26(42-18(7)35)24(40-16(5)33)22(38-14(3)31)20(44-28)11-37-13(2)30/h1,20-29H,10-12H2,2-8H3/t20-,21+,22-,23-,24+,25-,26-,27+,28+,29+/m0/s1. The van der Waals surface area contributed by atoms with Crippen molar-refractivity contribution in [2.45, 2.75) is 108 Å². The first kappa shape index (κ1) is 39.6. The number of terminal acetylenes is 1. The van der Waals surface area contributed by atoms with E-state index in [0.717, 1.165) is 60.2 Å². The average Bonchev–Trinajstić information content (AvgIpc) is 2.93. The van der Waals surface area contributed by atoms with Gasteiger partial charge in [-0.15, -0.1) is 18.2 Å². The first-order valence-electron chi connectivity index (χ1n) is 14.2. The Hall–Kier alpha value is -3.53. The summed E-state index contributed by atoms with van der Waals surface area (Å²) in [6, 6.07) is 0. The number of carbonyl (C=O) groups is 7. The maximum atomic E-state index is 12.3. The molecule has 0 aromatic rings. The van der Waals surface area contributed by atoms with Crippen LogP contribution >= 0.6 is 23.5 Å². The van der Waals surface area contributed by atoms with E-state index in [2.05, 4.69) is 5.92 Å². The zero-order chi connectivity index (χ0) is 35.4. The number of ether oxygens (including phenoxy) is 9. The van der Waals surface area contributed by atoms with Crippen molar-refractivity contribution in [3.63, 3.8) is 0 Å². The minimum absolute atomic E-state index is 0.127. The van der Waals surface area contributed by atoms with Gasteiger partial charge in [-0.3, -0.25) is 33.6 Å². The second-order valence-corrected chi connectivity index (χ2v) is 12.4. The van der Waals surface area contributed by atoms with E-state index in [1.807, 2.05) is 0 Å². The fraction of sp³-hybridized carbons (Fsp3) is 0.690. The van der Waals surface area contributed by atoms with Crippen molar-refractivity contribution in [2.75, 3.05) is 18.1 Å². The molecule has 18 heteroatoms. The molecule has 0 unspecified atom stereocenters. The SMILES string of the molecule is C#CCSC[C@H]1O[C@H](S[C@H]2O[C@@H](COC(C)=O)[C@H](OC(C)=O)[C@@H](OC(C)=O)[C@@H]2OC(C)=O)[C@H](OC(C)=O)[C@@H](OC(C)=O)[C@H]1OC(C)=O. The molecule has 2 fully saturated rings. The molecular weight excluding hydrogens is 668 g/mol. The quantitative estimate of drug-likeness (QED) is 0.112. The van der Waals surface area contributed by atoms with Crippen molar-refractivity contribution in [2.24, 2.45) is 0 Å². The van der Waals surface area contributed by atoms with Crippen molar-refractivity contribution in [3.8, 4) is 12.3 Å². The van der Waals surface area contributed by atoms with E-state index in [9.17, 15) is 33.6 Å². The molecule has 0 amide bonds. The van der Waals surface area contributed by atoms with Crippen LogP contribution in [0.1, 0.15) is 48.5 Å². The lowest BCUT2D eigenvalue weighted by Gasteiger charge is -2.48. The third kappa shape index (κ3) is 12.5. The average molecular weight is 707 g/mol. The Morgan fingerprint density at radius 2 is 0.915 bits per heavy atom. The number of rotatable bonds is 13. The lowest BCUT2D eigenvalue weighted by atomic mass is 9.99. The van der Waals surface area contributed by atoms with Crippen LogP contribution in [0, 0.1) is 12.3 Å². The number of thioether (sulfide) groups is 2. The Labute approximate surface area is 279 Å². The zero-order valence-electron chi connectivity index (χ0n) is 26.8. The predicted octanol–water partition coefficient (Wildman–Crippen LogP) is 0.689. The summed E-state index contributed by atoms with van der Waals surface area (Å²) in [6.07, 6.45) is -5.32. The first-order chi connectivity index (χ1) is 22.0. The third-order valence-corrected chi connectivity index (χ3v) is 8.41. The van der Waals surface area contributed by atoms with Crippen LogP contribution in [0.25, 0.3) is 0 Å². The Kier molecular flexibility index (Phi) is 15.8. The number of hydrogen-bond acceptors (Lipinski definition) is 18. The molecule has 2 heterocycles. The van der Waals surface area contributed by atoms with Gasteiger partial charge in [0.25, 0.3) is 0 Å². The van der Waals surface area contributed by atoms with E-state index in [4.69, 9.17) is 49.1 Å². The molecule has 2 rings (SSSR count). The molecule has 2 aliphatic rings. The van der Waals surface area contributed by atoms with Crippen molar-refractivity contribution < 1.29 is 76.2 Å². The molecule has 2 saturated heterocycles. The summed E-state index contributed by atoms with van der Waals surface area (Å²) >= 11 is 2.02. The van der Waals surface area contributed by atoms with Crippen molar-refractivity contribution in [1.82, 2.24) is 0 Å². The molecule has 0 N–H and O–H groups in total. The number of carbonyl (C=O) groups excluding carboxylic acids is 7. The summed E-state index contributed by atoms with van der Waals surface area (Å²) in [5, 5.41) is 0. The largest absolute Gasteiger partial charge is 0.463 e. The van der Waals surface area contributed by atoms with E-state index in [1.165, 1.54) is 11.8 Å². The maximum Gasteiger partial charge on any atom is 0.303 e. The van der Waals surface area contributed by atoms with Crippen LogP contribution in [0.2, 0.25) is 0 Å². The van der Waals surface area contributed by atoms with Crippen LogP contribution < -0.4 is 0 Å². The highest BCUT2D eigenvalue weighted by molar-refractivity contribution is 8.00. The van der Waals surface area contributed by atoms with Gasteiger partial charge >= 0.3 is 41.8 Å². The molecule has 262 valence electrons. The van der Waals surface area contributed by atoms with E-state index in [0.29, 0.717) is 0 Å². The second-order valence-electron chi connectivity index (χ2n) is 10.2. The fourth-order valence-electron chi connectivity index (χ4n) is 4.76. The predicted molar refractivity (Wildman–Crippen MR) is 161 cm³/mol. The van der Waals surface area contributed by atoms with Gasteiger partial charge in [0, 0.05) is 54.2 Å². The van der Waals surface area contributed by atoms with Crippen molar-refractivity contribution >= 4 is 65.3 Å². The van der Waals surface area contributed by atoms with Crippen LogP contribution in [0.5, 0.6) is 0 Å². The Morgan fingerprint density at radius 3 is 1.30 bits per heavy atom. The Balaban J connectivity index is 2.68. The van der Waals surface area contributed by atoms with Gasteiger partial charge in [-0.2, -0.15) is 0 Å². The van der Waals surface area contributed by atoms with Gasteiger partial charge in [0.1, 0.15) is 29.7 Å². The third-order valence-electron chi connectivity index (χ3n) is 6.18. The summed E-state index contributed by atoms with van der Waals surface area (Å²) in [5.74, 6) is -2.70. The first-order valence-corrected chi connectivity index (χ1v) is 16.3. The summed E-state index contributed by atoms with van der Waals surface area (Å²) in [6.45, 7) is 7.23. The lowest BCUT2D eigenvalue weighted by Crippen LogP contribution is -2.64. The smallest absolute Gasteiger partial charge is 0.303 e. The van der Waals surface area contributed by atoms with Gasteiger partial charge in [0.15, 0.2) is 36.6 Å². The minimum atomic E-state index is -1.48. The van der Waals surface area contributed by atoms with E-state index in [1.54, 1.807) is 0 Å². The van der Waals surface area contributed by atoms with Gasteiger partial charge in [-0.1, -0.05) is 17.7 Å². The lowest BCUT2D eigenvalue weighted by molar-refractivity contribution is -0.240. The fourth-order valence-corrected chi connectivity index (χ4v) is 6.91. The van der Waals surface area contributed by atoms with E-state index in [-0.39, 0.29) is 11.5 Å². The molecule has 0 radical (unpaired) electrons. The molecule has 16 nitrogen and oxygen atoms in total. The summed E-state index contributed by atoms with van der Waals surface area (Å²) < 4.78 is 50.6. The van der Waals surface area contributed by atoms with Crippen molar-refractivity contribution in [1.29, 1.82) is 0 Å². The molecule has 2 aliphatic heterocycles. The summed E-state index contributed by atoms with van der Waals surface area (Å²) in [4.78, 5) is 85.0. The highest BCUT2D eigenvalue weighted by Gasteiger charge is 2.57. The molecule has 0 bridgehead atoms. The second kappa shape index (κ2) is 18.7. The molecule has 0 spiro atoms. The number of esters is 7. The zero-order valence-corrected chi connectivity index (χ0v) is 28.5. The Morgan fingerprint density at radius 1 is 0.553 bits per heavy atom. The van der Waals surface area contributed by atoms with Gasteiger partial charge < -0.3 is 42.6 Å². The molecule has 0 saturated carbocycles. The van der Waals surface area contributed by atoms with Crippen LogP contribution in [0.15, 0.2) is 0 Å². The van der Waals surface area contributed by atoms with Crippen molar-refractivity contribution in [3.05, 3.63) is 0 Å². The van der Waals surface area contributed by atoms with Gasteiger partial charge in [-0.05, 0) is 0 Å². The van der Waals surface area contributed by atoms with Gasteiger partial charge in [0.05, 0.1) is 5.75 Å².